The van der Waals surface area contributed by atoms with Crippen LogP contribution in [-0.4, -0.2) is 29.8 Å². The molecular weight excluding hydrogens is 440 g/mol. The van der Waals surface area contributed by atoms with E-state index in [-0.39, 0.29) is 25.8 Å². The Morgan fingerprint density at radius 2 is 1.00 bits per heavy atom. The Balaban J connectivity index is 0.00000256. The summed E-state index contributed by atoms with van der Waals surface area (Å²) in [5.74, 6) is -1.99. The Morgan fingerprint density at radius 3 is 1.18 bits per heavy atom. The predicted molar refractivity (Wildman–Crippen MR) is 53.1 cm³/mol. The molecule has 1 aromatic rings. The summed E-state index contributed by atoms with van der Waals surface area (Å²) in [6.07, 6.45) is 0. The SMILES string of the molecule is O=P(O)(O)c1cc(O)c(P(=O)(O)O)cc1O.[Hf]. The van der Waals surface area contributed by atoms with Gasteiger partial charge in [0.15, 0.2) is 0 Å². The second-order valence-electron chi connectivity index (χ2n) is 2.92. The van der Waals surface area contributed by atoms with Crippen LogP contribution in [0.4, 0.5) is 0 Å². The van der Waals surface area contributed by atoms with E-state index in [0.717, 1.165) is 0 Å². The number of benzene rings is 1. The zero-order chi connectivity index (χ0) is 12.7. The number of hydrogen-bond donors (Lipinski definition) is 6. The van der Waals surface area contributed by atoms with Crippen molar-refractivity contribution in [3.8, 4) is 11.5 Å². The van der Waals surface area contributed by atoms with Gasteiger partial charge in [-0.05, 0) is 12.1 Å². The number of aromatic hydroxyl groups is 2. The molecule has 0 atom stereocenters. The van der Waals surface area contributed by atoms with Gasteiger partial charge in [-0.2, -0.15) is 0 Å². The topological polar surface area (TPSA) is 156 Å². The van der Waals surface area contributed by atoms with Crippen LogP contribution < -0.4 is 10.6 Å². The standard InChI is InChI=1S/C6H8O8P2.Hf/c7-3-1-5(15(9,10)11)4(8)2-6(3)16(12,13)14;/h1-2,7-8H,(H2,9,10,11)(H2,12,13,14);. The number of phenols is 2. The summed E-state index contributed by atoms with van der Waals surface area (Å²) in [6, 6.07) is 0.842. The van der Waals surface area contributed by atoms with Gasteiger partial charge in [-0.15, -0.1) is 0 Å². The van der Waals surface area contributed by atoms with Crippen LogP contribution in [0.2, 0.25) is 0 Å². The molecule has 0 bridgehead atoms. The molecule has 0 aromatic heterocycles. The van der Waals surface area contributed by atoms with Gasteiger partial charge in [0.2, 0.25) is 0 Å². The van der Waals surface area contributed by atoms with Gasteiger partial charge in [0, 0.05) is 25.8 Å². The Morgan fingerprint density at radius 1 is 0.765 bits per heavy atom. The minimum Gasteiger partial charge on any atom is -0.507 e. The molecule has 0 aliphatic carbocycles. The van der Waals surface area contributed by atoms with Gasteiger partial charge < -0.3 is 29.8 Å². The van der Waals surface area contributed by atoms with Crippen LogP contribution in [0.15, 0.2) is 12.1 Å². The largest absolute Gasteiger partial charge is 0.507 e. The van der Waals surface area contributed by atoms with Crippen molar-refractivity contribution in [1.82, 2.24) is 0 Å². The molecule has 0 radical (unpaired) electrons. The molecular formula is C6H8HfO8P2. The van der Waals surface area contributed by atoms with Crippen molar-refractivity contribution < 1.29 is 64.8 Å². The van der Waals surface area contributed by atoms with Crippen molar-refractivity contribution in [2.45, 2.75) is 0 Å². The normalized spacial score (nSPS) is 12.0. The van der Waals surface area contributed by atoms with E-state index in [9.17, 15) is 9.13 Å². The first-order chi connectivity index (χ1) is 7.03. The average molecular weight is 449 g/mol. The molecule has 1 rings (SSSR count). The van der Waals surface area contributed by atoms with Gasteiger partial charge in [0.25, 0.3) is 0 Å². The van der Waals surface area contributed by atoms with Crippen LogP contribution in [0.5, 0.6) is 11.5 Å². The Labute approximate surface area is 114 Å². The van der Waals surface area contributed by atoms with Gasteiger partial charge in [0.1, 0.15) is 22.1 Å². The zero-order valence-corrected chi connectivity index (χ0v) is 13.4. The van der Waals surface area contributed by atoms with Crippen molar-refractivity contribution in [1.29, 1.82) is 0 Å². The minimum absolute atomic E-state index is 0. The Kier molecular flexibility index (Phi) is 5.32. The first-order valence-corrected chi connectivity index (χ1v) is 6.94. The van der Waals surface area contributed by atoms with E-state index < -0.39 is 37.3 Å². The summed E-state index contributed by atoms with van der Waals surface area (Å²) in [7, 11) is -9.64. The maximum Gasteiger partial charge on any atom is 0.360 e. The van der Waals surface area contributed by atoms with Crippen molar-refractivity contribution >= 4 is 25.8 Å². The molecule has 0 fully saturated rings. The van der Waals surface area contributed by atoms with Gasteiger partial charge >= 0.3 is 15.2 Å². The third kappa shape index (κ3) is 3.99. The summed E-state index contributed by atoms with van der Waals surface area (Å²) < 4.78 is 21.6. The third-order valence-electron chi connectivity index (χ3n) is 1.70. The molecule has 94 valence electrons. The Bertz CT molecular complexity index is 469. The quantitative estimate of drug-likeness (QED) is 0.185. The van der Waals surface area contributed by atoms with Crippen molar-refractivity contribution in [3.05, 3.63) is 12.1 Å². The smallest absolute Gasteiger partial charge is 0.360 e. The van der Waals surface area contributed by atoms with Crippen LogP contribution in [-0.2, 0) is 35.0 Å². The van der Waals surface area contributed by atoms with Crippen LogP contribution in [0.3, 0.4) is 0 Å². The van der Waals surface area contributed by atoms with Crippen molar-refractivity contribution in [2.75, 3.05) is 0 Å². The molecule has 1 aromatic carbocycles. The van der Waals surface area contributed by atoms with E-state index in [1.807, 2.05) is 0 Å². The summed E-state index contributed by atoms with van der Waals surface area (Å²) in [4.78, 5) is 34.9. The molecule has 0 unspecified atom stereocenters. The molecule has 8 nitrogen and oxygen atoms in total. The maximum absolute atomic E-state index is 10.8. The molecule has 0 spiro atoms. The Hall–Kier alpha value is -0.00987. The first kappa shape index (κ1) is 17.0. The second kappa shape index (κ2) is 5.32. The van der Waals surface area contributed by atoms with Gasteiger partial charge in [-0.1, -0.05) is 0 Å². The van der Waals surface area contributed by atoms with E-state index in [1.165, 1.54) is 0 Å². The molecule has 0 aliphatic heterocycles. The van der Waals surface area contributed by atoms with Crippen LogP contribution in [0.1, 0.15) is 0 Å². The van der Waals surface area contributed by atoms with Gasteiger partial charge in [-0.3, -0.25) is 9.13 Å². The fourth-order valence-electron chi connectivity index (χ4n) is 1.02. The van der Waals surface area contributed by atoms with E-state index in [0.29, 0.717) is 12.1 Å². The number of phenolic OH excluding ortho intramolecular Hbond substituents is 2. The van der Waals surface area contributed by atoms with Crippen molar-refractivity contribution in [3.63, 3.8) is 0 Å². The van der Waals surface area contributed by atoms with E-state index in [2.05, 4.69) is 0 Å². The summed E-state index contributed by atoms with van der Waals surface area (Å²) in [5, 5.41) is 16.5. The van der Waals surface area contributed by atoms with E-state index >= 15 is 0 Å². The molecule has 0 saturated carbocycles. The van der Waals surface area contributed by atoms with E-state index in [1.54, 1.807) is 0 Å². The summed E-state index contributed by atoms with van der Waals surface area (Å²) >= 11 is 0. The zero-order valence-electron chi connectivity index (χ0n) is 8.05. The van der Waals surface area contributed by atoms with Crippen LogP contribution in [0, 0.1) is 0 Å². The monoisotopic (exact) mass is 450 g/mol. The third-order valence-corrected chi connectivity index (χ3v) is 3.67. The first-order valence-electron chi connectivity index (χ1n) is 3.71. The fraction of sp³-hybridized carbons (Fsp3) is 0. The number of hydrogen-bond acceptors (Lipinski definition) is 4. The maximum atomic E-state index is 10.8. The molecule has 6 N–H and O–H groups in total. The van der Waals surface area contributed by atoms with Crippen LogP contribution in [0.25, 0.3) is 0 Å². The molecule has 0 amide bonds. The molecule has 17 heavy (non-hydrogen) atoms. The molecule has 11 heteroatoms. The predicted octanol–water partition coefficient (Wildman–Crippen LogP) is -1.30. The molecule has 0 saturated heterocycles. The van der Waals surface area contributed by atoms with Gasteiger partial charge in [0.05, 0.1) is 0 Å². The van der Waals surface area contributed by atoms with Gasteiger partial charge in [-0.25, -0.2) is 0 Å². The summed E-state index contributed by atoms with van der Waals surface area (Å²) in [5.41, 5.74) is 0. The van der Waals surface area contributed by atoms with Crippen LogP contribution >= 0.6 is 15.2 Å². The molecule has 0 heterocycles. The average Bonchev–Trinajstić information content (AvgIpc) is 2.04. The van der Waals surface area contributed by atoms with E-state index in [4.69, 9.17) is 29.8 Å². The van der Waals surface area contributed by atoms with Crippen molar-refractivity contribution in [2.24, 2.45) is 0 Å². The fourth-order valence-corrected chi connectivity index (χ4v) is 2.33. The molecule has 0 aliphatic rings. The number of rotatable bonds is 2. The second-order valence-corrected chi connectivity index (χ2v) is 6.06. The summed E-state index contributed by atoms with van der Waals surface area (Å²) in [6.45, 7) is 0. The minimum atomic E-state index is -4.82.